The van der Waals surface area contributed by atoms with E-state index in [-0.39, 0.29) is 21.9 Å². The molecular formula is C29H34FN3O3S. The molecule has 196 valence electrons. The first-order chi connectivity index (χ1) is 17.4. The molecule has 1 saturated heterocycles. The van der Waals surface area contributed by atoms with Gasteiger partial charge in [-0.2, -0.15) is 0 Å². The van der Waals surface area contributed by atoms with Crippen molar-refractivity contribution in [2.45, 2.75) is 65.8 Å². The number of aryl methyl sites for hydroxylation is 2. The molecule has 4 rings (SSSR count). The Morgan fingerprint density at radius 1 is 1.22 bits per heavy atom. The molecule has 1 atom stereocenters. The molecule has 8 heteroatoms. The smallest absolute Gasteiger partial charge is 0.294 e. The summed E-state index contributed by atoms with van der Waals surface area (Å²) in [5.74, 6) is -1.28. The summed E-state index contributed by atoms with van der Waals surface area (Å²) in [4.78, 5) is 41.6. The van der Waals surface area contributed by atoms with Crippen LogP contribution in [0.2, 0.25) is 0 Å². The number of nitrogens with one attached hydrogen (secondary N) is 1. The SMILES string of the molecule is CCCN1c2cc(F)c(/C=C3/SC(=O)N(CC(=O)Nc4c(C)cccc4C)C3=O)cc2C(C)CC1(C)C. The van der Waals surface area contributed by atoms with Crippen LogP contribution >= 0.6 is 11.8 Å². The minimum atomic E-state index is -0.592. The Morgan fingerprint density at radius 2 is 1.89 bits per heavy atom. The summed E-state index contributed by atoms with van der Waals surface area (Å²) in [7, 11) is 0. The Morgan fingerprint density at radius 3 is 2.54 bits per heavy atom. The number of hydrogen-bond acceptors (Lipinski definition) is 5. The highest BCUT2D eigenvalue weighted by Crippen LogP contribution is 2.45. The van der Waals surface area contributed by atoms with E-state index in [2.05, 4.69) is 37.9 Å². The van der Waals surface area contributed by atoms with Crippen molar-refractivity contribution < 1.29 is 18.8 Å². The third-order valence-electron chi connectivity index (χ3n) is 7.16. The number of nitrogens with zero attached hydrogens (tertiary/aromatic N) is 2. The molecule has 2 heterocycles. The number of para-hydroxylation sites is 1. The maximum atomic E-state index is 15.3. The Hall–Kier alpha value is -3.13. The highest BCUT2D eigenvalue weighted by molar-refractivity contribution is 8.18. The predicted octanol–water partition coefficient (Wildman–Crippen LogP) is 6.62. The molecule has 2 aromatic carbocycles. The topological polar surface area (TPSA) is 69.7 Å². The number of imide groups is 1. The molecule has 0 aliphatic carbocycles. The van der Waals surface area contributed by atoms with Gasteiger partial charge < -0.3 is 10.2 Å². The lowest BCUT2D eigenvalue weighted by atomic mass is 9.79. The normalized spacial score (nSPS) is 20.0. The quantitative estimate of drug-likeness (QED) is 0.431. The molecule has 1 unspecified atom stereocenters. The van der Waals surface area contributed by atoms with E-state index in [0.717, 1.165) is 58.4 Å². The van der Waals surface area contributed by atoms with Crippen LogP contribution in [-0.4, -0.2) is 40.6 Å². The van der Waals surface area contributed by atoms with Crippen LogP contribution in [0.5, 0.6) is 0 Å². The zero-order valence-electron chi connectivity index (χ0n) is 22.3. The van der Waals surface area contributed by atoms with E-state index in [9.17, 15) is 14.4 Å². The van der Waals surface area contributed by atoms with Gasteiger partial charge in [0.1, 0.15) is 12.4 Å². The molecule has 1 fully saturated rings. The number of thioether (sulfide) groups is 1. The van der Waals surface area contributed by atoms with Gasteiger partial charge in [0.15, 0.2) is 0 Å². The average molecular weight is 524 g/mol. The summed E-state index contributed by atoms with van der Waals surface area (Å²) in [5.41, 5.74) is 4.55. The molecule has 2 aliphatic rings. The molecule has 0 aromatic heterocycles. The monoisotopic (exact) mass is 523 g/mol. The van der Waals surface area contributed by atoms with Crippen LogP contribution in [0.1, 0.15) is 68.7 Å². The first-order valence-electron chi connectivity index (χ1n) is 12.7. The lowest BCUT2D eigenvalue weighted by Crippen LogP contribution is -2.48. The van der Waals surface area contributed by atoms with Crippen LogP contribution in [0, 0.1) is 19.7 Å². The average Bonchev–Trinajstić information content (AvgIpc) is 3.07. The van der Waals surface area contributed by atoms with Crippen LogP contribution in [0.25, 0.3) is 6.08 Å². The highest BCUT2D eigenvalue weighted by atomic mass is 32.2. The van der Waals surface area contributed by atoms with Crippen LogP contribution in [0.15, 0.2) is 35.2 Å². The number of carbonyl (C=O) groups is 3. The fraction of sp³-hybridized carbons (Fsp3) is 0.414. The summed E-state index contributed by atoms with van der Waals surface area (Å²) in [6, 6.07) is 9.00. The number of hydrogen-bond donors (Lipinski definition) is 1. The number of amides is 3. The molecule has 1 N–H and O–H groups in total. The first kappa shape index (κ1) is 26.9. The molecule has 0 radical (unpaired) electrons. The zero-order valence-corrected chi connectivity index (χ0v) is 23.1. The fourth-order valence-electron chi connectivity index (χ4n) is 5.39. The van der Waals surface area contributed by atoms with Crippen LogP contribution in [-0.2, 0) is 9.59 Å². The number of benzene rings is 2. The van der Waals surface area contributed by atoms with Gasteiger partial charge >= 0.3 is 0 Å². The fourth-order valence-corrected chi connectivity index (χ4v) is 6.22. The molecule has 2 aliphatic heterocycles. The molecular weight excluding hydrogens is 489 g/mol. The minimum absolute atomic E-state index is 0.0869. The Bertz CT molecular complexity index is 1280. The van der Waals surface area contributed by atoms with Crippen molar-refractivity contribution in [3.8, 4) is 0 Å². The number of carbonyl (C=O) groups excluding carboxylic acids is 3. The second kappa shape index (κ2) is 10.3. The summed E-state index contributed by atoms with van der Waals surface area (Å²) >= 11 is 0.728. The first-order valence-corrected chi connectivity index (χ1v) is 13.5. The van der Waals surface area contributed by atoms with Crippen molar-refractivity contribution >= 4 is 46.3 Å². The van der Waals surface area contributed by atoms with Gasteiger partial charge in [0.05, 0.1) is 4.91 Å². The zero-order chi connectivity index (χ0) is 27.1. The Balaban J connectivity index is 1.57. The van der Waals surface area contributed by atoms with Gasteiger partial charge in [-0.1, -0.05) is 32.0 Å². The maximum absolute atomic E-state index is 15.3. The van der Waals surface area contributed by atoms with E-state index in [1.54, 1.807) is 12.1 Å². The standard InChI is InChI=1S/C29H34FN3O3S/c1-7-11-33-23-14-22(30)20(12-21(23)19(4)15-29(33,5)6)13-24-27(35)32(28(36)37-24)16-25(34)31-26-17(2)9-8-10-18(26)3/h8-10,12-14,19H,7,11,15-16H2,1-6H3,(H,31,34)/b24-13+. The molecule has 0 saturated carbocycles. The Kier molecular flexibility index (Phi) is 7.51. The van der Waals surface area contributed by atoms with E-state index in [4.69, 9.17) is 0 Å². The number of anilines is 2. The van der Waals surface area contributed by atoms with E-state index in [0.29, 0.717) is 5.69 Å². The number of halogens is 1. The molecule has 37 heavy (non-hydrogen) atoms. The summed E-state index contributed by atoms with van der Waals surface area (Å²) in [5, 5.41) is 2.26. The van der Waals surface area contributed by atoms with Gasteiger partial charge in [0.2, 0.25) is 5.91 Å². The van der Waals surface area contributed by atoms with Gasteiger partial charge in [-0.3, -0.25) is 19.3 Å². The molecule has 3 amide bonds. The number of rotatable bonds is 6. The van der Waals surface area contributed by atoms with Gasteiger partial charge in [-0.25, -0.2) is 4.39 Å². The van der Waals surface area contributed by atoms with E-state index in [1.807, 2.05) is 32.0 Å². The van der Waals surface area contributed by atoms with Gasteiger partial charge in [0, 0.05) is 29.0 Å². The highest BCUT2D eigenvalue weighted by Gasteiger charge is 2.38. The van der Waals surface area contributed by atoms with Gasteiger partial charge in [-0.05, 0) is 93.1 Å². The van der Waals surface area contributed by atoms with Crippen LogP contribution in [0.3, 0.4) is 0 Å². The summed E-state index contributed by atoms with van der Waals surface area (Å²) in [6.45, 7) is 12.8. The van der Waals surface area contributed by atoms with Gasteiger partial charge in [-0.15, -0.1) is 0 Å². The molecule has 0 spiro atoms. The minimum Gasteiger partial charge on any atom is -0.366 e. The molecule has 6 nitrogen and oxygen atoms in total. The third kappa shape index (κ3) is 5.30. The second-order valence-electron chi connectivity index (χ2n) is 10.6. The van der Waals surface area contributed by atoms with Gasteiger partial charge in [0.25, 0.3) is 11.1 Å². The molecule has 0 bridgehead atoms. The van der Waals surface area contributed by atoms with Crippen LogP contribution < -0.4 is 10.2 Å². The lowest BCUT2D eigenvalue weighted by Gasteiger charge is -2.47. The van der Waals surface area contributed by atoms with E-state index >= 15 is 4.39 Å². The number of fused-ring (bicyclic) bond motifs is 1. The van der Waals surface area contributed by atoms with Crippen molar-refractivity contribution in [3.63, 3.8) is 0 Å². The van der Waals surface area contributed by atoms with Crippen LogP contribution in [0.4, 0.5) is 20.6 Å². The van der Waals surface area contributed by atoms with Crippen molar-refractivity contribution in [2.24, 2.45) is 0 Å². The lowest BCUT2D eigenvalue weighted by molar-refractivity contribution is -0.127. The van der Waals surface area contributed by atoms with Crippen molar-refractivity contribution in [1.82, 2.24) is 4.90 Å². The maximum Gasteiger partial charge on any atom is 0.294 e. The van der Waals surface area contributed by atoms with Crippen molar-refractivity contribution in [1.29, 1.82) is 0 Å². The van der Waals surface area contributed by atoms with E-state index in [1.165, 1.54) is 6.08 Å². The third-order valence-corrected chi connectivity index (χ3v) is 8.07. The molecule has 2 aromatic rings. The second-order valence-corrected chi connectivity index (χ2v) is 11.6. The Labute approximate surface area is 222 Å². The van der Waals surface area contributed by atoms with Crippen molar-refractivity contribution in [2.75, 3.05) is 23.3 Å². The predicted molar refractivity (Wildman–Crippen MR) is 148 cm³/mol. The summed E-state index contributed by atoms with van der Waals surface area (Å²) < 4.78 is 15.3. The van der Waals surface area contributed by atoms with Crippen molar-refractivity contribution in [3.05, 3.63) is 63.3 Å². The largest absolute Gasteiger partial charge is 0.366 e. The van der Waals surface area contributed by atoms with E-state index < -0.39 is 29.4 Å². The summed E-state index contributed by atoms with van der Waals surface area (Å²) in [6.07, 6.45) is 3.31.